The van der Waals surface area contributed by atoms with Gasteiger partial charge in [-0.3, -0.25) is 9.36 Å². The highest BCUT2D eigenvalue weighted by atomic mass is 79.9. The molecule has 42 heavy (non-hydrogen) atoms. The van der Waals surface area contributed by atoms with Crippen molar-refractivity contribution in [3.05, 3.63) is 128 Å². The molecule has 0 saturated heterocycles. The molecule has 0 fully saturated rings. The van der Waals surface area contributed by atoms with Gasteiger partial charge in [-0.25, -0.2) is 9.79 Å². The van der Waals surface area contributed by atoms with Crippen molar-refractivity contribution in [2.75, 3.05) is 6.61 Å². The van der Waals surface area contributed by atoms with Gasteiger partial charge in [0.05, 0.1) is 38.5 Å². The monoisotopic (exact) mass is 681 g/mol. The second kappa shape index (κ2) is 12.7. The molecular formula is C31H22BrCl2N3O4S. The van der Waals surface area contributed by atoms with Crippen LogP contribution in [-0.2, 0) is 16.1 Å². The van der Waals surface area contributed by atoms with Crippen LogP contribution in [0, 0.1) is 11.3 Å². The lowest BCUT2D eigenvalue weighted by molar-refractivity contribution is -0.139. The molecular weight excluding hydrogens is 661 g/mol. The Morgan fingerprint density at radius 3 is 2.67 bits per heavy atom. The minimum atomic E-state index is -0.833. The third-order valence-corrected chi connectivity index (χ3v) is 8.68. The third kappa shape index (κ3) is 5.81. The lowest BCUT2D eigenvalue weighted by atomic mass is 9.96. The fraction of sp³-hybridized carbons (Fsp3) is 0.161. The van der Waals surface area contributed by atoms with E-state index < -0.39 is 12.0 Å². The quantitative estimate of drug-likeness (QED) is 0.213. The van der Waals surface area contributed by atoms with Crippen LogP contribution in [0.4, 0.5) is 0 Å². The molecule has 3 aromatic carbocycles. The number of hydrogen-bond acceptors (Lipinski definition) is 7. The summed E-state index contributed by atoms with van der Waals surface area (Å²) < 4.78 is 13.9. The molecule has 0 N–H and O–H groups in total. The zero-order valence-corrected chi connectivity index (χ0v) is 26.3. The first-order chi connectivity index (χ1) is 20.2. The van der Waals surface area contributed by atoms with Crippen molar-refractivity contribution in [3.8, 4) is 11.8 Å². The van der Waals surface area contributed by atoms with Crippen molar-refractivity contribution >= 4 is 62.5 Å². The van der Waals surface area contributed by atoms with E-state index in [4.69, 9.17) is 32.7 Å². The molecule has 0 aliphatic carbocycles. The highest BCUT2D eigenvalue weighted by molar-refractivity contribution is 9.10. The maximum atomic E-state index is 14.0. The Kier molecular flexibility index (Phi) is 8.99. The zero-order valence-electron chi connectivity index (χ0n) is 22.4. The van der Waals surface area contributed by atoms with E-state index in [0.717, 1.165) is 0 Å². The van der Waals surface area contributed by atoms with Crippen LogP contribution in [0.15, 0.2) is 86.2 Å². The van der Waals surface area contributed by atoms with Gasteiger partial charge < -0.3 is 9.47 Å². The van der Waals surface area contributed by atoms with Crippen LogP contribution in [0.3, 0.4) is 0 Å². The molecule has 1 aliphatic heterocycles. The third-order valence-electron chi connectivity index (χ3n) is 6.55. The zero-order chi connectivity index (χ0) is 30.0. The average molecular weight is 683 g/mol. The molecule has 11 heteroatoms. The second-order valence-corrected chi connectivity index (χ2v) is 11.9. The standard InChI is InChI=1S/C31H22BrCl2N3O4S/c1-3-40-30(39)26-17(2)36-31-37(27(26)22-10-6-7-11-24(22)34)29(38)25(42-31)13-20-12-21(33)14-23(32)28(20)41-16-19-9-5-4-8-18(19)15-35/h4-14,27H,3,16H2,1-2H3/b25-13-/t27-/m1/s1. The Bertz CT molecular complexity index is 1980. The van der Waals surface area contributed by atoms with Crippen LogP contribution in [0.2, 0.25) is 10.0 Å². The number of aromatic nitrogens is 1. The topological polar surface area (TPSA) is 93.7 Å². The average Bonchev–Trinajstić information content (AvgIpc) is 3.26. The molecule has 7 nitrogen and oxygen atoms in total. The lowest BCUT2D eigenvalue weighted by Crippen LogP contribution is -2.40. The van der Waals surface area contributed by atoms with E-state index in [1.54, 1.807) is 68.5 Å². The van der Waals surface area contributed by atoms with Gasteiger partial charge in [0.2, 0.25) is 0 Å². The van der Waals surface area contributed by atoms with Gasteiger partial charge in [-0.15, -0.1) is 0 Å². The van der Waals surface area contributed by atoms with Crippen LogP contribution < -0.4 is 19.6 Å². The van der Waals surface area contributed by atoms with Gasteiger partial charge in [-0.1, -0.05) is 70.9 Å². The van der Waals surface area contributed by atoms with Gasteiger partial charge in [0, 0.05) is 21.2 Å². The molecule has 0 amide bonds. The number of esters is 1. The molecule has 2 heterocycles. The van der Waals surface area contributed by atoms with Crippen molar-refractivity contribution in [1.82, 2.24) is 4.57 Å². The van der Waals surface area contributed by atoms with E-state index in [2.05, 4.69) is 27.0 Å². The van der Waals surface area contributed by atoms with Crippen molar-refractivity contribution < 1.29 is 14.3 Å². The number of rotatable bonds is 7. The summed E-state index contributed by atoms with van der Waals surface area (Å²) in [5.74, 6) is -0.117. The first-order valence-corrected chi connectivity index (χ1v) is 15.1. The minimum absolute atomic E-state index is 0.126. The molecule has 5 rings (SSSR count). The smallest absolute Gasteiger partial charge is 0.338 e. The molecule has 0 spiro atoms. The number of fused-ring (bicyclic) bond motifs is 1. The van der Waals surface area contributed by atoms with Crippen LogP contribution in [-0.4, -0.2) is 17.1 Å². The molecule has 0 radical (unpaired) electrons. The van der Waals surface area contributed by atoms with Crippen LogP contribution in [0.5, 0.6) is 5.75 Å². The predicted molar refractivity (Wildman–Crippen MR) is 166 cm³/mol. The summed E-state index contributed by atoms with van der Waals surface area (Å²) in [6.07, 6.45) is 1.68. The van der Waals surface area contributed by atoms with E-state index in [0.29, 0.717) is 57.6 Å². The molecule has 0 unspecified atom stereocenters. The fourth-order valence-corrected chi connectivity index (χ4v) is 6.89. The highest BCUT2D eigenvalue weighted by Gasteiger charge is 2.34. The first kappa shape index (κ1) is 29.8. The summed E-state index contributed by atoms with van der Waals surface area (Å²) in [5, 5.41) is 10.3. The van der Waals surface area contributed by atoms with E-state index in [1.807, 2.05) is 12.1 Å². The van der Waals surface area contributed by atoms with Crippen molar-refractivity contribution in [1.29, 1.82) is 5.26 Å². The SMILES string of the molecule is CCOC(=O)C1=C(C)N=c2s/c(=C\c3cc(Cl)cc(Br)c3OCc3ccccc3C#N)c(=O)n2[C@@H]1c1ccccc1Cl. The largest absolute Gasteiger partial charge is 0.487 e. The van der Waals surface area contributed by atoms with Crippen LogP contribution in [0.1, 0.15) is 42.1 Å². The van der Waals surface area contributed by atoms with Gasteiger partial charge in [0.15, 0.2) is 4.80 Å². The normalized spacial score (nSPS) is 14.7. The van der Waals surface area contributed by atoms with Crippen molar-refractivity contribution in [2.45, 2.75) is 26.5 Å². The summed E-state index contributed by atoms with van der Waals surface area (Å²) in [7, 11) is 0. The number of carbonyl (C=O) groups excluding carboxylic acids is 1. The molecule has 212 valence electrons. The molecule has 0 saturated carbocycles. The molecule has 1 aromatic heterocycles. The lowest BCUT2D eigenvalue weighted by Gasteiger charge is -2.25. The maximum absolute atomic E-state index is 14.0. The van der Waals surface area contributed by atoms with Gasteiger partial charge >= 0.3 is 5.97 Å². The number of benzene rings is 3. The highest BCUT2D eigenvalue weighted by Crippen LogP contribution is 2.36. The Hall–Kier alpha value is -3.68. The summed E-state index contributed by atoms with van der Waals surface area (Å²) in [4.78, 5) is 32.2. The summed E-state index contributed by atoms with van der Waals surface area (Å²) in [6.45, 7) is 3.72. The number of halogens is 3. The summed E-state index contributed by atoms with van der Waals surface area (Å²) in [5.41, 5.74) is 2.67. The number of carbonyl (C=O) groups is 1. The van der Waals surface area contributed by atoms with Gasteiger partial charge in [0.1, 0.15) is 18.4 Å². The van der Waals surface area contributed by atoms with E-state index in [1.165, 1.54) is 15.9 Å². The maximum Gasteiger partial charge on any atom is 0.338 e. The number of ether oxygens (including phenoxy) is 2. The minimum Gasteiger partial charge on any atom is -0.487 e. The van der Waals surface area contributed by atoms with Gasteiger partial charge in [-0.2, -0.15) is 5.26 Å². The summed E-state index contributed by atoms with van der Waals surface area (Å²) in [6, 6.07) is 19.0. The number of allylic oxidation sites excluding steroid dienone is 1. The van der Waals surface area contributed by atoms with E-state index >= 15 is 0 Å². The van der Waals surface area contributed by atoms with Crippen molar-refractivity contribution in [2.24, 2.45) is 4.99 Å². The second-order valence-electron chi connectivity index (χ2n) is 9.19. The van der Waals surface area contributed by atoms with Gasteiger partial charge in [-0.05, 0) is 65.7 Å². The molecule has 1 aliphatic rings. The number of hydrogen-bond donors (Lipinski definition) is 0. The molecule has 4 aromatic rings. The van der Waals surface area contributed by atoms with Crippen LogP contribution in [0.25, 0.3) is 6.08 Å². The Morgan fingerprint density at radius 1 is 1.19 bits per heavy atom. The summed E-state index contributed by atoms with van der Waals surface area (Å²) >= 11 is 17.7. The van der Waals surface area contributed by atoms with E-state index in [-0.39, 0.29) is 24.3 Å². The fourth-order valence-electron chi connectivity index (χ4n) is 4.67. The number of nitrogens with zero attached hydrogens (tertiary/aromatic N) is 3. The Labute approximate surface area is 263 Å². The predicted octanol–water partition coefficient (Wildman–Crippen LogP) is 6.32. The molecule has 0 bridgehead atoms. The van der Waals surface area contributed by atoms with Crippen LogP contribution >= 0.6 is 50.5 Å². The number of thiazole rings is 1. The number of nitriles is 1. The Balaban J connectivity index is 1.66. The van der Waals surface area contributed by atoms with Crippen molar-refractivity contribution in [3.63, 3.8) is 0 Å². The Morgan fingerprint density at radius 2 is 1.93 bits per heavy atom. The van der Waals surface area contributed by atoms with E-state index in [9.17, 15) is 14.9 Å². The molecule has 1 atom stereocenters. The van der Waals surface area contributed by atoms with Gasteiger partial charge in [0.25, 0.3) is 5.56 Å². The first-order valence-electron chi connectivity index (χ1n) is 12.8.